The molecule has 0 aliphatic carbocycles. The van der Waals surface area contributed by atoms with Crippen LogP contribution in [0.25, 0.3) is 0 Å². The third-order valence-corrected chi connectivity index (χ3v) is 3.74. The first-order valence-corrected chi connectivity index (χ1v) is 7.39. The van der Waals surface area contributed by atoms with Gasteiger partial charge < -0.3 is 14.8 Å². The van der Waals surface area contributed by atoms with E-state index in [4.69, 9.17) is 9.47 Å². The molecule has 2 aromatic rings. The maximum atomic E-state index is 12.3. The molecule has 2 atom stereocenters. The summed E-state index contributed by atoms with van der Waals surface area (Å²) in [7, 11) is 0. The summed E-state index contributed by atoms with van der Waals surface area (Å²) < 4.78 is 11.3. The molecule has 0 radical (unpaired) electrons. The molecule has 0 fully saturated rings. The lowest BCUT2D eigenvalue weighted by molar-refractivity contribution is -0.131. The third-order valence-electron chi connectivity index (χ3n) is 3.74. The minimum absolute atomic E-state index is 0.0751. The Morgan fingerprint density at radius 1 is 1.14 bits per heavy atom. The molecule has 1 heterocycles. The molecule has 114 valence electrons. The molecule has 4 heteroatoms. The molecule has 0 bridgehead atoms. The van der Waals surface area contributed by atoms with Crippen molar-refractivity contribution in [3.63, 3.8) is 0 Å². The van der Waals surface area contributed by atoms with Gasteiger partial charge in [0.2, 0.25) is 6.10 Å². The zero-order chi connectivity index (χ0) is 15.5. The van der Waals surface area contributed by atoms with Crippen LogP contribution in [0.5, 0.6) is 11.5 Å². The van der Waals surface area contributed by atoms with Crippen LogP contribution in [0.2, 0.25) is 0 Å². The molecule has 0 unspecified atom stereocenters. The van der Waals surface area contributed by atoms with E-state index < -0.39 is 6.10 Å². The van der Waals surface area contributed by atoms with Crippen LogP contribution in [-0.2, 0) is 4.79 Å². The van der Waals surface area contributed by atoms with E-state index in [1.807, 2.05) is 56.3 Å². The average Bonchev–Trinajstić information content (AvgIpc) is 2.55. The van der Waals surface area contributed by atoms with E-state index in [9.17, 15) is 4.79 Å². The maximum Gasteiger partial charge on any atom is 0.265 e. The lowest BCUT2D eigenvalue weighted by atomic mass is 10.1. The van der Waals surface area contributed by atoms with Crippen LogP contribution in [0.4, 0.5) is 0 Å². The zero-order valence-electron chi connectivity index (χ0n) is 12.7. The van der Waals surface area contributed by atoms with Gasteiger partial charge in [0, 0.05) is 0 Å². The molecule has 22 heavy (non-hydrogen) atoms. The van der Waals surface area contributed by atoms with Gasteiger partial charge in [-0.2, -0.15) is 0 Å². The van der Waals surface area contributed by atoms with E-state index in [-0.39, 0.29) is 18.6 Å². The quantitative estimate of drug-likeness (QED) is 0.947. The normalized spacial score (nSPS) is 17.6. The molecule has 1 aliphatic rings. The topological polar surface area (TPSA) is 47.6 Å². The minimum atomic E-state index is -0.622. The van der Waals surface area contributed by atoms with E-state index in [0.29, 0.717) is 11.5 Å². The molecule has 1 N–H and O–H groups in total. The number of nitrogens with one attached hydrogen (secondary N) is 1. The lowest BCUT2D eigenvalue weighted by Gasteiger charge is -2.26. The van der Waals surface area contributed by atoms with Gasteiger partial charge in [-0.05, 0) is 31.5 Å². The van der Waals surface area contributed by atoms with Crippen molar-refractivity contribution >= 4 is 5.91 Å². The molecule has 0 saturated heterocycles. The number of hydrogen-bond donors (Lipinski definition) is 1. The predicted molar refractivity (Wildman–Crippen MR) is 84.1 cm³/mol. The zero-order valence-corrected chi connectivity index (χ0v) is 12.7. The minimum Gasteiger partial charge on any atom is -0.485 e. The van der Waals surface area contributed by atoms with Crippen molar-refractivity contribution < 1.29 is 14.3 Å². The highest BCUT2D eigenvalue weighted by molar-refractivity contribution is 5.82. The molecule has 3 rings (SSSR count). The van der Waals surface area contributed by atoms with Crippen LogP contribution < -0.4 is 14.8 Å². The number of carbonyl (C=O) groups is 1. The molecule has 0 saturated carbocycles. The number of carbonyl (C=O) groups excluding carboxylic acids is 1. The first-order valence-electron chi connectivity index (χ1n) is 7.39. The molecule has 0 spiro atoms. The Morgan fingerprint density at radius 3 is 2.55 bits per heavy atom. The second-order valence-electron chi connectivity index (χ2n) is 5.51. The lowest BCUT2D eigenvalue weighted by Crippen LogP contribution is -2.44. The summed E-state index contributed by atoms with van der Waals surface area (Å²) in [5.41, 5.74) is 2.26. The first kappa shape index (κ1) is 14.4. The van der Waals surface area contributed by atoms with Crippen molar-refractivity contribution in [2.24, 2.45) is 0 Å². The van der Waals surface area contributed by atoms with Crippen LogP contribution in [0, 0.1) is 6.92 Å². The highest BCUT2D eigenvalue weighted by atomic mass is 16.6. The van der Waals surface area contributed by atoms with Crippen molar-refractivity contribution in [3.05, 3.63) is 59.7 Å². The van der Waals surface area contributed by atoms with Crippen molar-refractivity contribution in [1.82, 2.24) is 5.32 Å². The Bertz CT molecular complexity index is 666. The molecule has 1 amide bonds. The molecule has 2 aromatic carbocycles. The summed E-state index contributed by atoms with van der Waals surface area (Å²) in [4.78, 5) is 12.3. The summed E-state index contributed by atoms with van der Waals surface area (Å²) >= 11 is 0. The second kappa shape index (κ2) is 6.10. The molecule has 0 aromatic heterocycles. The van der Waals surface area contributed by atoms with E-state index >= 15 is 0 Å². The number of ether oxygens (including phenoxy) is 2. The van der Waals surface area contributed by atoms with Crippen LogP contribution in [0.1, 0.15) is 24.1 Å². The van der Waals surface area contributed by atoms with Gasteiger partial charge >= 0.3 is 0 Å². The van der Waals surface area contributed by atoms with Crippen molar-refractivity contribution in [1.29, 1.82) is 0 Å². The molecule has 1 aliphatic heterocycles. The van der Waals surface area contributed by atoms with Gasteiger partial charge in [-0.25, -0.2) is 0 Å². The van der Waals surface area contributed by atoms with E-state index in [2.05, 4.69) is 5.32 Å². The largest absolute Gasteiger partial charge is 0.485 e. The van der Waals surface area contributed by atoms with Crippen LogP contribution >= 0.6 is 0 Å². The number of para-hydroxylation sites is 2. The maximum absolute atomic E-state index is 12.3. The summed E-state index contributed by atoms with van der Waals surface area (Å²) in [6.07, 6.45) is -0.622. The highest BCUT2D eigenvalue weighted by Crippen LogP contribution is 2.31. The van der Waals surface area contributed by atoms with Gasteiger partial charge in [-0.1, -0.05) is 42.0 Å². The molecule has 4 nitrogen and oxygen atoms in total. The van der Waals surface area contributed by atoms with E-state index in [1.54, 1.807) is 6.07 Å². The summed E-state index contributed by atoms with van der Waals surface area (Å²) in [6, 6.07) is 15.4. The average molecular weight is 297 g/mol. The van der Waals surface area contributed by atoms with Gasteiger partial charge in [0.15, 0.2) is 11.5 Å². The second-order valence-corrected chi connectivity index (χ2v) is 5.51. The Morgan fingerprint density at radius 2 is 1.82 bits per heavy atom. The van der Waals surface area contributed by atoms with Gasteiger partial charge in [-0.3, -0.25) is 4.79 Å². The monoisotopic (exact) mass is 297 g/mol. The first-order chi connectivity index (χ1) is 10.6. The van der Waals surface area contributed by atoms with E-state index in [0.717, 1.165) is 5.56 Å². The fourth-order valence-electron chi connectivity index (χ4n) is 2.39. The van der Waals surface area contributed by atoms with Gasteiger partial charge in [0.05, 0.1) is 6.04 Å². The van der Waals surface area contributed by atoms with Crippen molar-refractivity contribution in [2.45, 2.75) is 26.0 Å². The smallest absolute Gasteiger partial charge is 0.265 e. The number of rotatable bonds is 3. The molecular formula is C18H19NO3. The van der Waals surface area contributed by atoms with Crippen LogP contribution in [0.3, 0.4) is 0 Å². The Balaban J connectivity index is 1.64. The predicted octanol–water partition coefficient (Wildman–Crippen LogP) is 3.01. The number of hydrogen-bond acceptors (Lipinski definition) is 3. The fraction of sp³-hybridized carbons (Fsp3) is 0.278. The summed E-state index contributed by atoms with van der Waals surface area (Å²) in [5.74, 6) is 1.12. The Hall–Kier alpha value is -2.49. The third kappa shape index (κ3) is 3.06. The SMILES string of the molecule is Cc1ccc([C@H](C)NC(=O)[C@H]2COc3ccccc3O2)cc1. The van der Waals surface area contributed by atoms with Crippen LogP contribution in [0.15, 0.2) is 48.5 Å². The number of benzene rings is 2. The number of fused-ring (bicyclic) bond motifs is 1. The summed E-state index contributed by atoms with van der Waals surface area (Å²) in [6.45, 7) is 4.22. The van der Waals surface area contributed by atoms with Gasteiger partial charge in [-0.15, -0.1) is 0 Å². The van der Waals surface area contributed by atoms with Gasteiger partial charge in [0.25, 0.3) is 5.91 Å². The Labute approximate surface area is 130 Å². The van der Waals surface area contributed by atoms with E-state index in [1.165, 1.54) is 5.56 Å². The van der Waals surface area contributed by atoms with Crippen molar-refractivity contribution in [2.75, 3.05) is 6.61 Å². The van der Waals surface area contributed by atoms with Crippen LogP contribution in [-0.4, -0.2) is 18.6 Å². The number of aryl methyl sites for hydroxylation is 1. The van der Waals surface area contributed by atoms with Crippen molar-refractivity contribution in [3.8, 4) is 11.5 Å². The van der Waals surface area contributed by atoms with Gasteiger partial charge in [0.1, 0.15) is 6.61 Å². The molecular weight excluding hydrogens is 278 g/mol. The number of amides is 1. The highest BCUT2D eigenvalue weighted by Gasteiger charge is 2.28. The fourth-order valence-corrected chi connectivity index (χ4v) is 2.39. The summed E-state index contributed by atoms with van der Waals surface area (Å²) in [5, 5.41) is 2.97. The Kier molecular flexibility index (Phi) is 4.00. The standard InChI is InChI=1S/C18H19NO3/c1-12-7-9-14(10-8-12)13(2)19-18(20)17-11-21-15-5-3-4-6-16(15)22-17/h3-10,13,17H,11H2,1-2H3,(H,19,20)/t13-,17+/m0/s1.